The molecule has 0 saturated heterocycles. The summed E-state index contributed by atoms with van der Waals surface area (Å²) >= 11 is 0. The minimum absolute atomic E-state index is 0.161. The van der Waals surface area contributed by atoms with Crippen LogP contribution in [0, 0.1) is 5.92 Å². The van der Waals surface area contributed by atoms with Gasteiger partial charge in [0.05, 0.1) is 0 Å². The van der Waals surface area contributed by atoms with Gasteiger partial charge in [0.15, 0.2) is 0 Å². The van der Waals surface area contributed by atoms with Crippen LogP contribution in [0.2, 0.25) is 0 Å². The van der Waals surface area contributed by atoms with E-state index in [0.717, 1.165) is 19.3 Å². The van der Waals surface area contributed by atoms with Gasteiger partial charge in [0.1, 0.15) is 5.78 Å². The lowest BCUT2D eigenvalue weighted by molar-refractivity contribution is -0.123. The molecule has 0 radical (unpaired) electrons. The molecule has 0 aromatic heterocycles. The Kier molecular flexibility index (Phi) is 1.98. The molecule has 1 aromatic carbocycles. The second kappa shape index (κ2) is 3.34. The third-order valence-electron chi connectivity index (χ3n) is 3.62. The Morgan fingerprint density at radius 1 is 1.20 bits per heavy atom. The van der Waals surface area contributed by atoms with E-state index in [1.165, 1.54) is 11.1 Å². The maximum atomic E-state index is 11.8. The predicted molar refractivity (Wildman–Crippen MR) is 60.6 cm³/mol. The van der Waals surface area contributed by atoms with Crippen molar-refractivity contribution in [1.29, 1.82) is 0 Å². The zero-order chi connectivity index (χ0) is 10.3. The topological polar surface area (TPSA) is 17.1 Å². The molecule has 2 atom stereocenters. The summed E-state index contributed by atoms with van der Waals surface area (Å²) < 4.78 is 0. The molecule has 2 aliphatic carbocycles. The van der Waals surface area contributed by atoms with Gasteiger partial charge in [0.2, 0.25) is 0 Å². The zero-order valence-electron chi connectivity index (χ0n) is 8.65. The number of Topliss-reactive ketones (excluding diaryl/α,β-unsaturated/α-hetero) is 1. The number of ketones is 1. The smallest absolute Gasteiger partial charge is 0.140 e. The summed E-state index contributed by atoms with van der Waals surface area (Å²) in [6.45, 7) is 0. The second-order valence-electron chi connectivity index (χ2n) is 4.48. The third-order valence-corrected chi connectivity index (χ3v) is 3.62. The fourth-order valence-electron chi connectivity index (χ4n) is 2.86. The molecule has 2 aliphatic rings. The molecule has 0 heterocycles. The summed E-state index contributed by atoms with van der Waals surface area (Å²) in [7, 11) is 0. The van der Waals surface area contributed by atoms with Crippen molar-refractivity contribution in [3.8, 4) is 0 Å². The third kappa shape index (κ3) is 1.34. The molecule has 76 valence electrons. The Bertz CT molecular complexity index is 431. The van der Waals surface area contributed by atoms with Gasteiger partial charge in [0.25, 0.3) is 0 Å². The number of benzene rings is 1. The van der Waals surface area contributed by atoms with E-state index in [9.17, 15) is 4.79 Å². The zero-order valence-corrected chi connectivity index (χ0v) is 8.65. The van der Waals surface area contributed by atoms with Gasteiger partial charge in [-0.2, -0.15) is 0 Å². The second-order valence-corrected chi connectivity index (χ2v) is 4.48. The average Bonchev–Trinajstić information content (AvgIpc) is 2.29. The van der Waals surface area contributed by atoms with Crippen LogP contribution in [0.4, 0.5) is 0 Å². The largest absolute Gasteiger partial charge is 0.299 e. The van der Waals surface area contributed by atoms with Crippen LogP contribution < -0.4 is 0 Å². The van der Waals surface area contributed by atoms with Gasteiger partial charge >= 0.3 is 0 Å². The van der Waals surface area contributed by atoms with Crippen LogP contribution in [0.1, 0.15) is 36.3 Å². The lowest BCUT2D eigenvalue weighted by atomic mass is 9.71. The Morgan fingerprint density at radius 3 is 3.00 bits per heavy atom. The number of carbonyl (C=O) groups is 1. The van der Waals surface area contributed by atoms with E-state index in [1.807, 2.05) is 0 Å². The number of allylic oxidation sites excluding steroid dienone is 1. The van der Waals surface area contributed by atoms with Gasteiger partial charge in [-0.15, -0.1) is 0 Å². The number of fused-ring (bicyclic) bond motifs is 3. The molecular weight excluding hydrogens is 184 g/mol. The molecular formula is C14H14O. The van der Waals surface area contributed by atoms with Crippen molar-refractivity contribution in [2.75, 3.05) is 0 Å². The fraction of sp³-hybridized carbons (Fsp3) is 0.357. The van der Waals surface area contributed by atoms with Gasteiger partial charge in [-0.3, -0.25) is 4.79 Å². The van der Waals surface area contributed by atoms with E-state index in [1.54, 1.807) is 0 Å². The van der Waals surface area contributed by atoms with Crippen molar-refractivity contribution < 1.29 is 4.79 Å². The first kappa shape index (κ1) is 8.90. The van der Waals surface area contributed by atoms with Gasteiger partial charge in [0, 0.05) is 12.3 Å². The van der Waals surface area contributed by atoms with E-state index < -0.39 is 0 Å². The summed E-state index contributed by atoms with van der Waals surface area (Å²) in [4.78, 5) is 11.8. The number of hydrogen-bond donors (Lipinski definition) is 0. The lowest BCUT2D eigenvalue weighted by Crippen LogP contribution is -2.27. The van der Waals surface area contributed by atoms with Gasteiger partial charge in [-0.05, 0) is 29.9 Å². The van der Waals surface area contributed by atoms with E-state index >= 15 is 0 Å². The van der Waals surface area contributed by atoms with Crippen molar-refractivity contribution in [3.05, 3.63) is 41.5 Å². The number of hydrogen-bond acceptors (Lipinski definition) is 1. The summed E-state index contributed by atoms with van der Waals surface area (Å²) in [5.41, 5.74) is 2.67. The van der Waals surface area contributed by atoms with Crippen LogP contribution in [-0.4, -0.2) is 5.78 Å². The van der Waals surface area contributed by atoms with E-state index in [4.69, 9.17) is 0 Å². The summed E-state index contributed by atoms with van der Waals surface area (Å²) in [5, 5.41) is 0. The molecule has 0 spiro atoms. The van der Waals surface area contributed by atoms with Gasteiger partial charge in [-0.25, -0.2) is 0 Å². The Hall–Kier alpha value is -1.37. The monoisotopic (exact) mass is 198 g/mol. The van der Waals surface area contributed by atoms with Crippen LogP contribution in [0.25, 0.3) is 6.08 Å². The van der Waals surface area contributed by atoms with E-state index in [-0.39, 0.29) is 5.92 Å². The molecule has 0 N–H and O–H groups in total. The molecule has 1 fully saturated rings. The van der Waals surface area contributed by atoms with E-state index in [2.05, 4.69) is 36.4 Å². The lowest BCUT2D eigenvalue weighted by Gasteiger charge is -2.32. The molecule has 1 nitrogen and oxygen atoms in total. The fourth-order valence-corrected chi connectivity index (χ4v) is 2.86. The first-order valence-electron chi connectivity index (χ1n) is 5.66. The maximum absolute atomic E-state index is 11.8. The highest BCUT2D eigenvalue weighted by Crippen LogP contribution is 2.41. The Morgan fingerprint density at radius 2 is 2.07 bits per heavy atom. The SMILES string of the molecule is O=C1CCCC2c3ccccc3C=CC12. The first-order chi connectivity index (χ1) is 7.36. The van der Waals surface area contributed by atoms with Gasteiger partial charge in [-0.1, -0.05) is 36.4 Å². The summed E-state index contributed by atoms with van der Waals surface area (Å²) in [6.07, 6.45) is 7.21. The molecule has 0 aliphatic heterocycles. The Balaban J connectivity index is 2.08. The van der Waals surface area contributed by atoms with Crippen LogP contribution >= 0.6 is 0 Å². The summed E-state index contributed by atoms with van der Waals surface area (Å²) in [5.74, 6) is 1.04. The van der Waals surface area contributed by atoms with Crippen LogP contribution in [-0.2, 0) is 4.79 Å². The van der Waals surface area contributed by atoms with Crippen LogP contribution in [0.3, 0.4) is 0 Å². The molecule has 2 unspecified atom stereocenters. The first-order valence-corrected chi connectivity index (χ1v) is 5.66. The predicted octanol–water partition coefficient (Wildman–Crippen LogP) is 3.17. The molecule has 0 bridgehead atoms. The molecule has 15 heavy (non-hydrogen) atoms. The quantitative estimate of drug-likeness (QED) is 0.625. The molecule has 1 heteroatoms. The highest BCUT2D eigenvalue weighted by Gasteiger charge is 2.33. The molecule has 1 aromatic rings. The standard InChI is InChI=1S/C14H14O/c15-14-7-3-6-12-11-5-2-1-4-10(11)8-9-13(12)14/h1-2,4-5,8-9,12-13H,3,6-7H2. The number of rotatable bonds is 0. The molecule has 0 amide bonds. The maximum Gasteiger partial charge on any atom is 0.140 e. The van der Waals surface area contributed by atoms with Crippen LogP contribution in [0.5, 0.6) is 0 Å². The van der Waals surface area contributed by atoms with Crippen molar-refractivity contribution in [2.45, 2.75) is 25.2 Å². The normalized spacial score (nSPS) is 28.4. The minimum Gasteiger partial charge on any atom is -0.299 e. The molecule has 3 rings (SSSR count). The van der Waals surface area contributed by atoms with E-state index in [0.29, 0.717) is 11.7 Å². The molecule has 1 saturated carbocycles. The van der Waals surface area contributed by atoms with Gasteiger partial charge < -0.3 is 0 Å². The Labute approximate surface area is 89.8 Å². The highest BCUT2D eigenvalue weighted by atomic mass is 16.1. The van der Waals surface area contributed by atoms with Crippen LogP contribution in [0.15, 0.2) is 30.3 Å². The highest BCUT2D eigenvalue weighted by molar-refractivity contribution is 5.86. The van der Waals surface area contributed by atoms with Crippen molar-refractivity contribution >= 4 is 11.9 Å². The summed E-state index contributed by atoms with van der Waals surface area (Å²) in [6, 6.07) is 8.46. The van der Waals surface area contributed by atoms with Crippen molar-refractivity contribution in [1.82, 2.24) is 0 Å². The van der Waals surface area contributed by atoms with Crippen molar-refractivity contribution in [2.24, 2.45) is 5.92 Å². The number of carbonyl (C=O) groups excluding carboxylic acids is 1. The minimum atomic E-state index is 0.161. The van der Waals surface area contributed by atoms with Crippen molar-refractivity contribution in [3.63, 3.8) is 0 Å². The average molecular weight is 198 g/mol.